The van der Waals surface area contributed by atoms with Crippen LogP contribution in [-0.2, 0) is 4.74 Å². The van der Waals surface area contributed by atoms with Gasteiger partial charge in [-0.3, -0.25) is 0 Å². The first-order chi connectivity index (χ1) is 7.31. The molecule has 1 aliphatic carbocycles. The molecule has 1 aliphatic rings. The number of rotatable bonds is 2. The van der Waals surface area contributed by atoms with Crippen LogP contribution < -0.4 is 0 Å². The predicted octanol–water partition coefficient (Wildman–Crippen LogP) is 2.63. The third-order valence-corrected chi connectivity index (χ3v) is 2.61. The van der Waals surface area contributed by atoms with E-state index in [1.165, 1.54) is 12.7 Å². The molecule has 0 N–H and O–H groups in total. The van der Waals surface area contributed by atoms with Crippen molar-refractivity contribution >= 4 is 12.3 Å². The summed E-state index contributed by atoms with van der Waals surface area (Å²) >= 11 is 0. The van der Waals surface area contributed by atoms with Crippen molar-refractivity contribution in [3.05, 3.63) is 35.9 Å². The molecule has 15 heavy (non-hydrogen) atoms. The fourth-order valence-electron chi connectivity index (χ4n) is 1.67. The molecule has 0 bridgehead atoms. The van der Waals surface area contributed by atoms with Gasteiger partial charge in [0.25, 0.3) is 0 Å². The lowest BCUT2D eigenvalue weighted by atomic mass is 10.1. The van der Waals surface area contributed by atoms with E-state index < -0.39 is 6.09 Å². The summed E-state index contributed by atoms with van der Waals surface area (Å²) in [7, 11) is 1.33. The number of carbonyl (C=O) groups excluding carboxylic acids is 1. The first-order valence-corrected chi connectivity index (χ1v) is 4.98. The smallest absolute Gasteiger partial charge is 0.432 e. The highest BCUT2D eigenvalue weighted by Gasteiger charge is 2.36. The molecule has 0 unspecified atom stereocenters. The van der Waals surface area contributed by atoms with E-state index in [0.29, 0.717) is 11.8 Å². The average Bonchev–Trinajstić information content (AvgIpc) is 3.06. The van der Waals surface area contributed by atoms with Crippen LogP contribution in [0.5, 0.6) is 0 Å². The molecule has 0 spiro atoms. The Kier molecular flexibility index (Phi) is 2.81. The van der Waals surface area contributed by atoms with Crippen molar-refractivity contribution in [2.24, 2.45) is 10.9 Å². The molecule has 0 aliphatic heterocycles. The molecular formula is C12H13NO2. The van der Waals surface area contributed by atoms with Gasteiger partial charge in [0, 0.05) is 12.1 Å². The van der Waals surface area contributed by atoms with Gasteiger partial charge in [0.2, 0.25) is 0 Å². The SMILES string of the molecule is COC(=O)/N=C/[C@H]1C[C@@H]1c1ccccc1. The lowest BCUT2D eigenvalue weighted by Gasteiger charge is -1.95. The van der Waals surface area contributed by atoms with Gasteiger partial charge in [0.1, 0.15) is 0 Å². The van der Waals surface area contributed by atoms with E-state index in [1.54, 1.807) is 6.21 Å². The summed E-state index contributed by atoms with van der Waals surface area (Å²) in [5.74, 6) is 0.922. The standard InChI is InChI=1S/C12H13NO2/c1-15-12(14)13-8-10-7-11(10)9-5-3-2-4-6-9/h2-6,8,10-11H,7H2,1H3/b13-8+/t10-,11-/m1/s1. The van der Waals surface area contributed by atoms with E-state index >= 15 is 0 Å². The monoisotopic (exact) mass is 203 g/mol. The Hall–Kier alpha value is -1.64. The number of aliphatic imine (C=N–C) groups is 1. The Labute approximate surface area is 88.8 Å². The number of ether oxygens (including phenoxy) is 1. The zero-order valence-corrected chi connectivity index (χ0v) is 8.59. The number of hydrogen-bond acceptors (Lipinski definition) is 2. The van der Waals surface area contributed by atoms with Gasteiger partial charge >= 0.3 is 6.09 Å². The fraction of sp³-hybridized carbons (Fsp3) is 0.333. The third kappa shape index (κ3) is 2.43. The second kappa shape index (κ2) is 4.26. The summed E-state index contributed by atoms with van der Waals surface area (Å²) in [5, 5.41) is 0. The van der Waals surface area contributed by atoms with Crippen LogP contribution in [0.3, 0.4) is 0 Å². The number of hydrogen-bond donors (Lipinski definition) is 0. The zero-order chi connectivity index (χ0) is 10.7. The van der Waals surface area contributed by atoms with Crippen LogP contribution in [0.15, 0.2) is 35.3 Å². The number of nitrogens with zero attached hydrogens (tertiary/aromatic N) is 1. The fourth-order valence-corrected chi connectivity index (χ4v) is 1.67. The Morgan fingerprint density at radius 3 is 2.87 bits per heavy atom. The van der Waals surface area contributed by atoms with Crippen LogP contribution in [-0.4, -0.2) is 19.4 Å². The Bertz CT molecular complexity index is 372. The highest BCUT2D eigenvalue weighted by atomic mass is 16.5. The van der Waals surface area contributed by atoms with E-state index in [2.05, 4.69) is 21.9 Å². The molecule has 2 atom stereocenters. The molecule has 0 aromatic heterocycles. The molecule has 0 saturated heterocycles. The maximum atomic E-state index is 10.8. The highest BCUT2D eigenvalue weighted by Crippen LogP contribution is 2.45. The lowest BCUT2D eigenvalue weighted by Crippen LogP contribution is -1.94. The molecular weight excluding hydrogens is 190 g/mol. The lowest BCUT2D eigenvalue weighted by molar-refractivity contribution is 0.182. The minimum absolute atomic E-state index is 0.395. The summed E-state index contributed by atoms with van der Waals surface area (Å²) in [5.41, 5.74) is 1.32. The van der Waals surface area contributed by atoms with Crippen LogP contribution in [0.1, 0.15) is 17.9 Å². The largest absolute Gasteiger partial charge is 0.451 e. The summed E-state index contributed by atoms with van der Waals surface area (Å²) in [6, 6.07) is 10.3. The molecule has 1 aromatic carbocycles. The average molecular weight is 203 g/mol. The maximum Gasteiger partial charge on any atom is 0.432 e. The summed E-state index contributed by atoms with van der Waals surface area (Å²) in [6.07, 6.45) is 2.25. The van der Waals surface area contributed by atoms with Crippen molar-refractivity contribution < 1.29 is 9.53 Å². The van der Waals surface area contributed by atoms with Crippen molar-refractivity contribution in [3.8, 4) is 0 Å². The first kappa shape index (κ1) is 9.90. The predicted molar refractivity (Wildman–Crippen MR) is 58.2 cm³/mol. The van der Waals surface area contributed by atoms with Crippen molar-refractivity contribution in [1.29, 1.82) is 0 Å². The molecule has 2 rings (SSSR count). The van der Waals surface area contributed by atoms with Gasteiger partial charge in [-0.2, -0.15) is 4.99 Å². The molecule has 1 fully saturated rings. The van der Waals surface area contributed by atoms with E-state index in [9.17, 15) is 4.79 Å². The first-order valence-electron chi connectivity index (χ1n) is 4.98. The highest BCUT2D eigenvalue weighted by molar-refractivity contribution is 5.82. The van der Waals surface area contributed by atoms with Crippen LogP contribution in [0, 0.1) is 5.92 Å². The molecule has 1 amide bonds. The van der Waals surface area contributed by atoms with E-state index in [4.69, 9.17) is 0 Å². The summed E-state index contributed by atoms with van der Waals surface area (Å²) in [4.78, 5) is 14.5. The van der Waals surface area contributed by atoms with Gasteiger partial charge in [-0.15, -0.1) is 0 Å². The number of carbonyl (C=O) groups is 1. The van der Waals surface area contributed by atoms with E-state index in [0.717, 1.165) is 6.42 Å². The summed E-state index contributed by atoms with van der Waals surface area (Å²) in [6.45, 7) is 0. The molecule has 3 heteroatoms. The van der Waals surface area contributed by atoms with Gasteiger partial charge in [0.05, 0.1) is 7.11 Å². The third-order valence-electron chi connectivity index (χ3n) is 2.61. The second-order valence-electron chi connectivity index (χ2n) is 3.66. The van der Waals surface area contributed by atoms with Crippen LogP contribution in [0.25, 0.3) is 0 Å². The van der Waals surface area contributed by atoms with E-state index in [-0.39, 0.29) is 0 Å². The van der Waals surface area contributed by atoms with Crippen molar-refractivity contribution in [3.63, 3.8) is 0 Å². The second-order valence-corrected chi connectivity index (χ2v) is 3.66. The van der Waals surface area contributed by atoms with Gasteiger partial charge in [-0.25, -0.2) is 4.79 Å². The van der Waals surface area contributed by atoms with E-state index in [1.807, 2.05) is 18.2 Å². The zero-order valence-electron chi connectivity index (χ0n) is 8.59. The van der Waals surface area contributed by atoms with Crippen LogP contribution in [0.4, 0.5) is 4.79 Å². The van der Waals surface area contributed by atoms with Gasteiger partial charge in [0.15, 0.2) is 0 Å². The van der Waals surface area contributed by atoms with Crippen LogP contribution >= 0.6 is 0 Å². The van der Waals surface area contributed by atoms with Crippen LogP contribution in [0.2, 0.25) is 0 Å². The van der Waals surface area contributed by atoms with Gasteiger partial charge < -0.3 is 4.74 Å². The minimum Gasteiger partial charge on any atom is -0.451 e. The molecule has 1 aromatic rings. The van der Waals surface area contributed by atoms with Crippen molar-refractivity contribution in [1.82, 2.24) is 0 Å². The number of amides is 1. The minimum atomic E-state index is -0.520. The summed E-state index contributed by atoms with van der Waals surface area (Å²) < 4.78 is 4.43. The Morgan fingerprint density at radius 1 is 1.47 bits per heavy atom. The number of methoxy groups -OCH3 is 1. The molecule has 0 heterocycles. The number of benzene rings is 1. The molecule has 1 saturated carbocycles. The maximum absolute atomic E-state index is 10.8. The Balaban J connectivity index is 1.92. The molecule has 78 valence electrons. The quantitative estimate of drug-likeness (QED) is 0.693. The van der Waals surface area contributed by atoms with Crippen molar-refractivity contribution in [2.45, 2.75) is 12.3 Å². The normalized spacial score (nSPS) is 24.1. The van der Waals surface area contributed by atoms with Crippen molar-refractivity contribution in [2.75, 3.05) is 7.11 Å². The van der Waals surface area contributed by atoms with Gasteiger partial charge in [-0.1, -0.05) is 30.3 Å². The van der Waals surface area contributed by atoms with Gasteiger partial charge in [-0.05, 0) is 17.9 Å². The molecule has 3 nitrogen and oxygen atoms in total. The molecule has 0 radical (unpaired) electrons. The Morgan fingerprint density at radius 2 is 2.20 bits per heavy atom. The topological polar surface area (TPSA) is 38.7 Å².